The highest BCUT2D eigenvalue weighted by Crippen LogP contribution is 2.07. The summed E-state index contributed by atoms with van der Waals surface area (Å²) in [7, 11) is 0. The first kappa shape index (κ1) is 9.01. The Balaban J connectivity index is 2.38. The van der Waals surface area contributed by atoms with Gasteiger partial charge in [0.25, 0.3) is 0 Å². The van der Waals surface area contributed by atoms with Crippen molar-refractivity contribution in [2.24, 2.45) is 0 Å². The fourth-order valence-corrected chi connectivity index (χ4v) is 1.39. The van der Waals surface area contributed by atoms with Crippen molar-refractivity contribution in [3.05, 3.63) is 0 Å². The standard InChI is InChI=1S/C8H13N3O/c9-6-11-8(12)7-4-2-1-3-5-10-7/h7,10H,1-5H2,(H,11,12). The molecule has 1 atom stereocenters. The van der Waals surface area contributed by atoms with Crippen molar-refractivity contribution in [1.29, 1.82) is 5.26 Å². The van der Waals surface area contributed by atoms with Crippen LogP contribution in [0.5, 0.6) is 0 Å². The van der Waals surface area contributed by atoms with Gasteiger partial charge in [-0.3, -0.25) is 10.1 Å². The van der Waals surface area contributed by atoms with E-state index in [2.05, 4.69) is 10.6 Å². The van der Waals surface area contributed by atoms with E-state index in [0.29, 0.717) is 0 Å². The molecular formula is C8H13N3O. The van der Waals surface area contributed by atoms with Gasteiger partial charge in [-0.2, -0.15) is 5.26 Å². The molecule has 0 aromatic rings. The second kappa shape index (κ2) is 4.73. The Morgan fingerprint density at radius 2 is 2.33 bits per heavy atom. The third-order valence-corrected chi connectivity index (χ3v) is 2.06. The molecule has 1 rings (SSSR count). The van der Waals surface area contributed by atoms with Crippen LogP contribution in [-0.4, -0.2) is 18.5 Å². The van der Waals surface area contributed by atoms with Crippen molar-refractivity contribution >= 4 is 5.91 Å². The predicted octanol–water partition coefficient (Wildman–Crippen LogP) is 0.116. The van der Waals surface area contributed by atoms with Crippen LogP contribution in [0.1, 0.15) is 25.7 Å². The van der Waals surface area contributed by atoms with Crippen LogP contribution in [0.25, 0.3) is 0 Å². The van der Waals surface area contributed by atoms with Gasteiger partial charge >= 0.3 is 0 Å². The number of nitriles is 1. The summed E-state index contributed by atoms with van der Waals surface area (Å²) in [6, 6.07) is -0.160. The summed E-state index contributed by atoms with van der Waals surface area (Å²) >= 11 is 0. The summed E-state index contributed by atoms with van der Waals surface area (Å²) in [6.45, 7) is 0.878. The number of nitrogens with one attached hydrogen (secondary N) is 2. The number of nitrogens with zero attached hydrogens (tertiary/aromatic N) is 1. The molecule has 12 heavy (non-hydrogen) atoms. The molecule has 0 spiro atoms. The molecule has 2 N–H and O–H groups in total. The molecule has 0 bridgehead atoms. The number of hydrogen-bond donors (Lipinski definition) is 2. The van der Waals surface area contributed by atoms with Gasteiger partial charge in [0, 0.05) is 0 Å². The average molecular weight is 167 g/mol. The largest absolute Gasteiger partial charge is 0.306 e. The van der Waals surface area contributed by atoms with Gasteiger partial charge in [-0.1, -0.05) is 12.8 Å². The number of amides is 1. The van der Waals surface area contributed by atoms with Gasteiger partial charge < -0.3 is 5.32 Å². The molecule has 0 aromatic heterocycles. The lowest BCUT2D eigenvalue weighted by Gasteiger charge is -2.11. The van der Waals surface area contributed by atoms with Gasteiger partial charge in [-0.15, -0.1) is 0 Å². The van der Waals surface area contributed by atoms with Crippen molar-refractivity contribution < 1.29 is 4.79 Å². The lowest BCUT2D eigenvalue weighted by molar-refractivity contribution is -0.122. The van der Waals surface area contributed by atoms with Crippen LogP contribution in [0, 0.1) is 11.5 Å². The molecule has 0 radical (unpaired) electrons. The van der Waals surface area contributed by atoms with Gasteiger partial charge in [0.2, 0.25) is 5.91 Å². The highest BCUT2D eigenvalue weighted by atomic mass is 16.2. The zero-order chi connectivity index (χ0) is 8.81. The Bertz CT molecular complexity index is 189. The minimum absolute atomic E-state index is 0.160. The molecule has 1 saturated heterocycles. The first-order valence-corrected chi connectivity index (χ1v) is 4.27. The molecule has 66 valence electrons. The third-order valence-electron chi connectivity index (χ3n) is 2.06. The first-order valence-electron chi connectivity index (χ1n) is 4.27. The molecule has 1 aliphatic heterocycles. The van der Waals surface area contributed by atoms with Crippen molar-refractivity contribution in [3.63, 3.8) is 0 Å². The smallest absolute Gasteiger partial charge is 0.250 e. The lowest BCUT2D eigenvalue weighted by atomic mass is 10.1. The van der Waals surface area contributed by atoms with Gasteiger partial charge in [0.05, 0.1) is 6.04 Å². The van der Waals surface area contributed by atoms with E-state index < -0.39 is 0 Å². The van der Waals surface area contributed by atoms with Gasteiger partial charge in [0.15, 0.2) is 6.19 Å². The fourth-order valence-electron chi connectivity index (χ4n) is 1.39. The monoisotopic (exact) mass is 167 g/mol. The van der Waals surface area contributed by atoms with Crippen LogP contribution in [-0.2, 0) is 4.79 Å². The predicted molar refractivity (Wildman–Crippen MR) is 44.0 cm³/mol. The quantitative estimate of drug-likeness (QED) is 0.430. The summed E-state index contributed by atoms with van der Waals surface area (Å²) in [5, 5.41) is 13.5. The third kappa shape index (κ3) is 2.51. The van der Waals surface area contributed by atoms with Crippen LogP contribution in [0.3, 0.4) is 0 Å². The topological polar surface area (TPSA) is 64.9 Å². The van der Waals surface area contributed by atoms with E-state index in [1.165, 1.54) is 6.42 Å². The van der Waals surface area contributed by atoms with E-state index in [1.807, 2.05) is 0 Å². The minimum Gasteiger partial charge on any atom is -0.306 e. The van der Waals surface area contributed by atoms with E-state index in [9.17, 15) is 4.79 Å². The van der Waals surface area contributed by atoms with Gasteiger partial charge in [0.1, 0.15) is 0 Å². The molecule has 0 aromatic carbocycles. The van der Waals surface area contributed by atoms with E-state index in [0.717, 1.165) is 25.8 Å². The van der Waals surface area contributed by atoms with E-state index >= 15 is 0 Å². The van der Waals surface area contributed by atoms with E-state index in [-0.39, 0.29) is 11.9 Å². The van der Waals surface area contributed by atoms with Gasteiger partial charge in [-0.05, 0) is 19.4 Å². The maximum absolute atomic E-state index is 11.2. The summed E-state index contributed by atoms with van der Waals surface area (Å²) < 4.78 is 0. The minimum atomic E-state index is -0.195. The Hall–Kier alpha value is -1.08. The normalized spacial score (nSPS) is 23.8. The molecule has 1 amide bonds. The highest BCUT2D eigenvalue weighted by molar-refractivity contribution is 5.82. The molecular weight excluding hydrogens is 154 g/mol. The SMILES string of the molecule is N#CNC(=O)C1CCCCCN1. The Morgan fingerprint density at radius 3 is 3.08 bits per heavy atom. The zero-order valence-corrected chi connectivity index (χ0v) is 6.97. The Labute approximate surface area is 71.9 Å². The van der Waals surface area contributed by atoms with Crippen molar-refractivity contribution in [2.75, 3.05) is 6.54 Å². The molecule has 0 aliphatic carbocycles. The summed E-state index contributed by atoms with van der Waals surface area (Å²) in [6.07, 6.45) is 5.84. The number of rotatable bonds is 1. The number of hydrogen-bond acceptors (Lipinski definition) is 3. The highest BCUT2D eigenvalue weighted by Gasteiger charge is 2.18. The Morgan fingerprint density at radius 1 is 1.50 bits per heavy atom. The summed E-state index contributed by atoms with van der Waals surface area (Å²) in [4.78, 5) is 11.2. The van der Waals surface area contributed by atoms with Crippen LogP contribution in [0.2, 0.25) is 0 Å². The van der Waals surface area contributed by atoms with Gasteiger partial charge in [-0.25, -0.2) is 0 Å². The van der Waals surface area contributed by atoms with Crippen LogP contribution in [0.4, 0.5) is 0 Å². The van der Waals surface area contributed by atoms with Crippen LogP contribution in [0.15, 0.2) is 0 Å². The first-order chi connectivity index (χ1) is 5.84. The fraction of sp³-hybridized carbons (Fsp3) is 0.750. The molecule has 1 heterocycles. The number of carbonyl (C=O) groups excluding carboxylic acids is 1. The van der Waals surface area contributed by atoms with E-state index in [1.54, 1.807) is 6.19 Å². The Kier molecular flexibility index (Phi) is 3.55. The summed E-state index contributed by atoms with van der Waals surface area (Å²) in [5.74, 6) is -0.195. The molecule has 4 heteroatoms. The molecule has 1 aliphatic rings. The molecule has 1 fully saturated rings. The van der Waals surface area contributed by atoms with E-state index in [4.69, 9.17) is 5.26 Å². The summed E-state index contributed by atoms with van der Waals surface area (Å²) in [5.41, 5.74) is 0. The van der Waals surface area contributed by atoms with Crippen LogP contribution < -0.4 is 10.6 Å². The van der Waals surface area contributed by atoms with Crippen molar-refractivity contribution in [3.8, 4) is 6.19 Å². The zero-order valence-electron chi connectivity index (χ0n) is 6.97. The lowest BCUT2D eigenvalue weighted by Crippen LogP contribution is -2.42. The molecule has 0 saturated carbocycles. The molecule has 4 nitrogen and oxygen atoms in total. The van der Waals surface area contributed by atoms with Crippen molar-refractivity contribution in [2.45, 2.75) is 31.7 Å². The maximum Gasteiger partial charge on any atom is 0.250 e. The van der Waals surface area contributed by atoms with Crippen LogP contribution >= 0.6 is 0 Å². The average Bonchev–Trinajstić information content (AvgIpc) is 2.32. The maximum atomic E-state index is 11.2. The second-order valence-corrected chi connectivity index (χ2v) is 2.96. The van der Waals surface area contributed by atoms with Crippen molar-refractivity contribution in [1.82, 2.24) is 10.6 Å². The number of carbonyl (C=O) groups is 1. The second-order valence-electron chi connectivity index (χ2n) is 2.96. The molecule has 1 unspecified atom stereocenters.